The van der Waals surface area contributed by atoms with Crippen molar-refractivity contribution in [1.82, 2.24) is 5.32 Å². The molecule has 0 bridgehead atoms. The van der Waals surface area contributed by atoms with Gasteiger partial charge in [0, 0.05) is 12.1 Å². The highest BCUT2D eigenvalue weighted by Crippen LogP contribution is 2.21. The summed E-state index contributed by atoms with van der Waals surface area (Å²) in [7, 11) is -2.12. The highest BCUT2D eigenvalue weighted by atomic mass is 32.2. The van der Waals surface area contributed by atoms with E-state index in [1.807, 2.05) is 44.2 Å². The van der Waals surface area contributed by atoms with Crippen molar-refractivity contribution in [2.24, 2.45) is 0 Å². The molecule has 0 atom stereocenters. The monoisotopic (exact) mass is 438 g/mol. The van der Waals surface area contributed by atoms with E-state index < -0.39 is 10.0 Å². The molecule has 1 amide bonds. The van der Waals surface area contributed by atoms with E-state index in [2.05, 4.69) is 10.0 Å². The van der Waals surface area contributed by atoms with Crippen LogP contribution < -0.4 is 14.8 Å². The molecule has 3 aromatic carbocycles. The van der Waals surface area contributed by atoms with Gasteiger partial charge in [0.1, 0.15) is 5.75 Å². The SMILES string of the molecule is COc1ccc(C)cc1CCNC(=O)c1ccc(S(=O)(=O)Nc2ccccc2C)cc1. The Labute approximate surface area is 183 Å². The summed E-state index contributed by atoms with van der Waals surface area (Å²) in [5.74, 6) is 0.526. The lowest BCUT2D eigenvalue weighted by Gasteiger charge is -2.12. The maximum absolute atomic E-state index is 12.6. The summed E-state index contributed by atoms with van der Waals surface area (Å²) in [4.78, 5) is 12.5. The molecule has 0 unspecified atom stereocenters. The molecule has 6 nitrogen and oxygen atoms in total. The van der Waals surface area contributed by atoms with Gasteiger partial charge in [-0.3, -0.25) is 9.52 Å². The Bertz CT molecular complexity index is 1170. The van der Waals surface area contributed by atoms with Crippen LogP contribution in [0.5, 0.6) is 5.75 Å². The molecule has 0 saturated carbocycles. The van der Waals surface area contributed by atoms with Crippen molar-refractivity contribution in [2.75, 3.05) is 18.4 Å². The van der Waals surface area contributed by atoms with Crippen LogP contribution in [0.3, 0.4) is 0 Å². The van der Waals surface area contributed by atoms with Crippen LogP contribution in [0.25, 0.3) is 0 Å². The lowest BCUT2D eigenvalue weighted by molar-refractivity contribution is 0.0954. The molecule has 2 N–H and O–H groups in total. The van der Waals surface area contributed by atoms with E-state index in [0.29, 0.717) is 24.2 Å². The van der Waals surface area contributed by atoms with Crippen LogP contribution in [-0.4, -0.2) is 28.0 Å². The quantitative estimate of drug-likeness (QED) is 0.555. The number of anilines is 1. The number of amides is 1. The Hall–Kier alpha value is -3.32. The zero-order valence-electron chi connectivity index (χ0n) is 17.8. The largest absolute Gasteiger partial charge is 0.496 e. The van der Waals surface area contributed by atoms with E-state index in [4.69, 9.17) is 4.74 Å². The van der Waals surface area contributed by atoms with Crippen LogP contribution in [0.15, 0.2) is 71.6 Å². The van der Waals surface area contributed by atoms with Crippen molar-refractivity contribution in [3.05, 3.63) is 89.0 Å². The predicted molar refractivity (Wildman–Crippen MR) is 122 cm³/mol. The third-order valence-electron chi connectivity index (χ3n) is 4.93. The third-order valence-corrected chi connectivity index (χ3v) is 6.31. The van der Waals surface area contributed by atoms with Gasteiger partial charge < -0.3 is 10.1 Å². The van der Waals surface area contributed by atoms with Crippen molar-refractivity contribution in [3.8, 4) is 5.75 Å². The number of carbonyl (C=O) groups is 1. The first-order chi connectivity index (χ1) is 14.8. The van der Waals surface area contributed by atoms with Gasteiger partial charge in [-0.15, -0.1) is 0 Å². The third kappa shape index (κ3) is 5.64. The number of para-hydroxylation sites is 1. The van der Waals surface area contributed by atoms with E-state index in [1.165, 1.54) is 24.3 Å². The summed E-state index contributed by atoms with van der Waals surface area (Å²) in [6, 6.07) is 18.9. The van der Waals surface area contributed by atoms with Gasteiger partial charge in [-0.05, 0) is 67.8 Å². The number of nitrogens with one attached hydrogen (secondary N) is 2. The first-order valence-electron chi connectivity index (χ1n) is 9.90. The number of ether oxygens (including phenoxy) is 1. The predicted octanol–water partition coefficient (Wildman–Crippen LogP) is 4.09. The Morgan fingerprint density at radius 3 is 2.35 bits per heavy atom. The average Bonchev–Trinajstić information content (AvgIpc) is 2.75. The highest BCUT2D eigenvalue weighted by molar-refractivity contribution is 7.92. The molecule has 31 heavy (non-hydrogen) atoms. The molecule has 0 aliphatic heterocycles. The second-order valence-corrected chi connectivity index (χ2v) is 8.95. The van der Waals surface area contributed by atoms with Gasteiger partial charge >= 0.3 is 0 Å². The second kappa shape index (κ2) is 9.66. The molecule has 0 aliphatic rings. The highest BCUT2D eigenvalue weighted by Gasteiger charge is 2.16. The molecule has 0 spiro atoms. The van der Waals surface area contributed by atoms with Gasteiger partial charge in [0.15, 0.2) is 0 Å². The smallest absolute Gasteiger partial charge is 0.261 e. The number of hydrogen-bond acceptors (Lipinski definition) is 4. The van der Waals surface area contributed by atoms with Gasteiger partial charge in [0.2, 0.25) is 0 Å². The molecule has 0 aromatic heterocycles. The molecule has 0 radical (unpaired) electrons. The number of benzene rings is 3. The Balaban J connectivity index is 1.62. The lowest BCUT2D eigenvalue weighted by atomic mass is 10.1. The van der Waals surface area contributed by atoms with E-state index in [9.17, 15) is 13.2 Å². The van der Waals surface area contributed by atoms with E-state index in [1.54, 1.807) is 19.2 Å². The van der Waals surface area contributed by atoms with Crippen LogP contribution in [0, 0.1) is 13.8 Å². The fourth-order valence-corrected chi connectivity index (χ4v) is 4.32. The number of rotatable bonds is 8. The minimum atomic E-state index is -3.74. The average molecular weight is 439 g/mol. The minimum absolute atomic E-state index is 0.0943. The second-order valence-electron chi connectivity index (χ2n) is 7.27. The van der Waals surface area contributed by atoms with Crippen molar-refractivity contribution in [2.45, 2.75) is 25.2 Å². The number of hydrogen-bond donors (Lipinski definition) is 2. The standard InChI is InChI=1S/C24H26N2O4S/c1-17-8-13-23(30-3)20(16-17)14-15-25-24(27)19-9-11-21(12-10-19)31(28,29)26-22-7-5-4-6-18(22)2/h4-13,16,26H,14-15H2,1-3H3,(H,25,27). The molecular formula is C24H26N2O4S. The maximum Gasteiger partial charge on any atom is 0.261 e. The molecular weight excluding hydrogens is 412 g/mol. The summed E-state index contributed by atoms with van der Waals surface area (Å²) in [6.07, 6.45) is 0.628. The van der Waals surface area contributed by atoms with E-state index in [0.717, 1.165) is 22.4 Å². The topological polar surface area (TPSA) is 84.5 Å². The first kappa shape index (κ1) is 22.4. The normalized spacial score (nSPS) is 11.1. The summed E-state index contributed by atoms with van der Waals surface area (Å²) in [5, 5.41) is 2.86. The molecule has 0 fully saturated rings. The van der Waals surface area contributed by atoms with Crippen LogP contribution in [0.2, 0.25) is 0 Å². The number of carbonyl (C=O) groups excluding carboxylic acids is 1. The van der Waals surface area contributed by atoms with E-state index >= 15 is 0 Å². The van der Waals surface area contributed by atoms with Crippen LogP contribution in [-0.2, 0) is 16.4 Å². The summed E-state index contributed by atoms with van der Waals surface area (Å²) >= 11 is 0. The summed E-state index contributed by atoms with van der Waals surface area (Å²) in [5.41, 5.74) is 3.89. The summed E-state index contributed by atoms with van der Waals surface area (Å²) < 4.78 is 33.2. The van der Waals surface area contributed by atoms with Crippen molar-refractivity contribution >= 4 is 21.6 Å². The number of sulfonamides is 1. The molecule has 7 heteroatoms. The van der Waals surface area contributed by atoms with Gasteiger partial charge in [-0.1, -0.05) is 35.9 Å². The fraction of sp³-hybridized carbons (Fsp3) is 0.208. The van der Waals surface area contributed by atoms with Crippen LogP contribution >= 0.6 is 0 Å². The molecule has 0 aliphatic carbocycles. The van der Waals surface area contributed by atoms with E-state index in [-0.39, 0.29) is 10.8 Å². The zero-order chi connectivity index (χ0) is 22.4. The summed E-state index contributed by atoms with van der Waals surface area (Å²) in [6.45, 7) is 4.27. The van der Waals surface area contributed by atoms with Crippen molar-refractivity contribution in [1.29, 1.82) is 0 Å². The first-order valence-corrected chi connectivity index (χ1v) is 11.4. The maximum atomic E-state index is 12.6. The molecule has 0 heterocycles. The van der Waals surface area contributed by atoms with Gasteiger partial charge in [-0.25, -0.2) is 8.42 Å². The van der Waals surface area contributed by atoms with Crippen molar-refractivity contribution in [3.63, 3.8) is 0 Å². The fourth-order valence-electron chi connectivity index (χ4n) is 3.19. The Morgan fingerprint density at radius 2 is 1.68 bits per heavy atom. The molecule has 0 saturated heterocycles. The van der Waals surface area contributed by atoms with Gasteiger partial charge in [-0.2, -0.15) is 0 Å². The van der Waals surface area contributed by atoms with Crippen LogP contribution in [0.4, 0.5) is 5.69 Å². The van der Waals surface area contributed by atoms with Crippen LogP contribution in [0.1, 0.15) is 27.0 Å². The number of aryl methyl sites for hydroxylation is 2. The molecule has 3 rings (SSSR count). The van der Waals surface area contributed by atoms with Gasteiger partial charge in [0.05, 0.1) is 17.7 Å². The van der Waals surface area contributed by atoms with Gasteiger partial charge in [0.25, 0.3) is 15.9 Å². The van der Waals surface area contributed by atoms with Crippen molar-refractivity contribution < 1.29 is 17.9 Å². The Morgan fingerprint density at radius 1 is 0.968 bits per heavy atom. The molecule has 3 aromatic rings. The number of methoxy groups -OCH3 is 1. The Kier molecular flexibility index (Phi) is 6.97. The zero-order valence-corrected chi connectivity index (χ0v) is 18.6. The molecule has 162 valence electrons. The lowest BCUT2D eigenvalue weighted by Crippen LogP contribution is -2.26. The minimum Gasteiger partial charge on any atom is -0.496 e.